The van der Waals surface area contributed by atoms with E-state index in [4.69, 9.17) is 0 Å². The van der Waals surface area contributed by atoms with Gasteiger partial charge in [0.05, 0.1) is 0 Å². The molecule has 0 saturated heterocycles. The third-order valence-electron chi connectivity index (χ3n) is 3.04. The van der Waals surface area contributed by atoms with Gasteiger partial charge in [-0.15, -0.1) is 0 Å². The van der Waals surface area contributed by atoms with Gasteiger partial charge in [-0.25, -0.2) is 0 Å². The first-order chi connectivity index (χ1) is 7.45. The Kier molecular flexibility index (Phi) is 2.06. The maximum atomic E-state index is 2.22. The fraction of sp³-hybridized carbons (Fsp3) is 0.200. The van der Waals surface area contributed by atoms with Crippen molar-refractivity contribution in [2.45, 2.75) is 12.8 Å². The van der Waals surface area contributed by atoms with Gasteiger partial charge in [-0.3, -0.25) is 0 Å². The van der Waals surface area contributed by atoms with Crippen LogP contribution in [0, 0.1) is 5.92 Å². The topological polar surface area (TPSA) is 0 Å². The van der Waals surface area contributed by atoms with Crippen molar-refractivity contribution < 1.29 is 0 Å². The summed E-state index contributed by atoms with van der Waals surface area (Å²) in [4.78, 5) is 0. The zero-order chi connectivity index (χ0) is 10.1. The van der Waals surface area contributed by atoms with E-state index in [-0.39, 0.29) is 0 Å². The zero-order valence-corrected chi connectivity index (χ0v) is 8.69. The Morgan fingerprint density at radius 1 is 0.933 bits per heavy atom. The van der Waals surface area contributed by atoms with Crippen molar-refractivity contribution in [1.82, 2.24) is 0 Å². The Balaban J connectivity index is 2.09. The molecule has 0 N–H and O–H groups in total. The lowest BCUT2D eigenvalue weighted by Gasteiger charge is -2.08. The van der Waals surface area contributed by atoms with Gasteiger partial charge < -0.3 is 0 Å². The van der Waals surface area contributed by atoms with Crippen LogP contribution in [-0.2, 0) is 0 Å². The van der Waals surface area contributed by atoms with E-state index in [0.717, 1.165) is 5.92 Å². The SMILES string of the molecule is C1=CC(=C(c2ccccc2)C2CC2)C=C1. The van der Waals surface area contributed by atoms with Crippen LogP contribution in [0.1, 0.15) is 18.4 Å². The first-order valence-corrected chi connectivity index (χ1v) is 5.59. The Hall–Kier alpha value is -1.56. The standard InChI is InChI=1S/C15H14/c1-2-6-12(7-3-1)15(14-10-11-14)13-8-4-5-9-13/h1-9,14H,10-11H2. The maximum absolute atomic E-state index is 2.22. The lowest BCUT2D eigenvalue weighted by atomic mass is 9.96. The summed E-state index contributed by atoms with van der Waals surface area (Å²) in [5.41, 5.74) is 4.34. The third-order valence-corrected chi connectivity index (χ3v) is 3.04. The lowest BCUT2D eigenvalue weighted by Crippen LogP contribution is -1.89. The van der Waals surface area contributed by atoms with Gasteiger partial charge in [-0.1, -0.05) is 54.6 Å². The largest absolute Gasteiger partial charge is 0.0622 e. The second-order valence-corrected chi connectivity index (χ2v) is 4.23. The van der Waals surface area contributed by atoms with Gasteiger partial charge >= 0.3 is 0 Å². The van der Waals surface area contributed by atoms with Crippen LogP contribution in [0.3, 0.4) is 0 Å². The predicted molar refractivity (Wildman–Crippen MR) is 64.4 cm³/mol. The van der Waals surface area contributed by atoms with Gasteiger partial charge in [0.25, 0.3) is 0 Å². The molecule has 0 heteroatoms. The van der Waals surface area contributed by atoms with Crippen molar-refractivity contribution in [2.75, 3.05) is 0 Å². The van der Waals surface area contributed by atoms with Crippen LogP contribution in [0.5, 0.6) is 0 Å². The monoisotopic (exact) mass is 194 g/mol. The predicted octanol–water partition coefficient (Wildman–Crippen LogP) is 3.98. The van der Waals surface area contributed by atoms with Crippen LogP contribution in [0.2, 0.25) is 0 Å². The number of hydrogen-bond donors (Lipinski definition) is 0. The summed E-state index contributed by atoms with van der Waals surface area (Å²) in [6, 6.07) is 10.8. The maximum Gasteiger partial charge on any atom is -0.0150 e. The van der Waals surface area contributed by atoms with Crippen LogP contribution in [0.15, 0.2) is 60.2 Å². The Labute approximate surface area is 90.6 Å². The van der Waals surface area contributed by atoms with Crippen molar-refractivity contribution in [2.24, 2.45) is 5.92 Å². The summed E-state index contributed by atoms with van der Waals surface area (Å²) in [6.45, 7) is 0. The molecule has 3 rings (SSSR count). The number of rotatable bonds is 2. The van der Waals surface area contributed by atoms with E-state index in [1.54, 1.807) is 5.57 Å². The molecule has 0 amide bonds. The van der Waals surface area contributed by atoms with E-state index in [1.807, 2.05) is 0 Å². The van der Waals surface area contributed by atoms with Crippen LogP contribution in [0.4, 0.5) is 0 Å². The minimum atomic E-state index is 0.801. The van der Waals surface area contributed by atoms with E-state index >= 15 is 0 Å². The van der Waals surface area contributed by atoms with E-state index < -0.39 is 0 Å². The fourth-order valence-corrected chi connectivity index (χ4v) is 2.18. The van der Waals surface area contributed by atoms with Gasteiger partial charge in [-0.05, 0) is 35.5 Å². The third kappa shape index (κ3) is 1.68. The van der Waals surface area contributed by atoms with Crippen molar-refractivity contribution in [3.63, 3.8) is 0 Å². The van der Waals surface area contributed by atoms with E-state index in [9.17, 15) is 0 Å². The molecule has 1 saturated carbocycles. The molecule has 15 heavy (non-hydrogen) atoms. The highest BCUT2D eigenvalue weighted by molar-refractivity contribution is 5.77. The summed E-state index contributed by atoms with van der Waals surface area (Å²) in [5, 5.41) is 0. The smallest absolute Gasteiger partial charge is 0.0150 e. The quantitative estimate of drug-likeness (QED) is 0.668. The Morgan fingerprint density at radius 3 is 2.20 bits per heavy atom. The summed E-state index contributed by atoms with van der Waals surface area (Å²) < 4.78 is 0. The molecular formula is C15H14. The van der Waals surface area contributed by atoms with Gasteiger partial charge in [0.1, 0.15) is 0 Å². The van der Waals surface area contributed by atoms with E-state index in [1.165, 1.54) is 24.0 Å². The van der Waals surface area contributed by atoms with E-state index in [0.29, 0.717) is 0 Å². The zero-order valence-electron chi connectivity index (χ0n) is 8.69. The highest BCUT2D eigenvalue weighted by Crippen LogP contribution is 2.44. The Bertz CT molecular complexity index is 428. The molecule has 0 aliphatic heterocycles. The molecule has 0 nitrogen and oxygen atoms in total. The average Bonchev–Trinajstić information content (AvgIpc) is 2.96. The molecule has 0 heterocycles. The highest BCUT2D eigenvalue weighted by Gasteiger charge is 2.28. The molecule has 0 spiro atoms. The van der Waals surface area contributed by atoms with Gasteiger partial charge in [0.15, 0.2) is 0 Å². The summed E-state index contributed by atoms with van der Waals surface area (Å²) in [7, 11) is 0. The minimum Gasteiger partial charge on any atom is -0.0622 e. The molecular weight excluding hydrogens is 180 g/mol. The molecule has 1 aromatic rings. The molecule has 1 aromatic carbocycles. The van der Waals surface area contributed by atoms with Gasteiger partial charge in [-0.2, -0.15) is 0 Å². The molecule has 74 valence electrons. The second-order valence-electron chi connectivity index (χ2n) is 4.23. The molecule has 0 bridgehead atoms. The molecule has 2 aliphatic carbocycles. The summed E-state index contributed by atoms with van der Waals surface area (Å²) in [5.74, 6) is 0.801. The van der Waals surface area contributed by atoms with Crippen LogP contribution >= 0.6 is 0 Å². The van der Waals surface area contributed by atoms with Crippen molar-refractivity contribution in [3.8, 4) is 0 Å². The molecule has 0 radical (unpaired) electrons. The number of benzene rings is 1. The first-order valence-electron chi connectivity index (χ1n) is 5.59. The minimum absolute atomic E-state index is 0.801. The number of allylic oxidation sites excluding steroid dienone is 6. The van der Waals surface area contributed by atoms with Gasteiger partial charge in [0.2, 0.25) is 0 Å². The van der Waals surface area contributed by atoms with Crippen LogP contribution in [-0.4, -0.2) is 0 Å². The van der Waals surface area contributed by atoms with Crippen molar-refractivity contribution in [1.29, 1.82) is 0 Å². The van der Waals surface area contributed by atoms with Gasteiger partial charge in [0, 0.05) is 0 Å². The lowest BCUT2D eigenvalue weighted by molar-refractivity contribution is 1.14. The first kappa shape index (κ1) is 8.72. The van der Waals surface area contributed by atoms with E-state index in [2.05, 4.69) is 54.6 Å². The summed E-state index contributed by atoms with van der Waals surface area (Å²) >= 11 is 0. The van der Waals surface area contributed by atoms with Crippen LogP contribution < -0.4 is 0 Å². The van der Waals surface area contributed by atoms with Crippen molar-refractivity contribution >= 4 is 5.57 Å². The van der Waals surface area contributed by atoms with Crippen molar-refractivity contribution in [3.05, 3.63) is 65.8 Å². The second kappa shape index (κ2) is 3.54. The molecule has 2 aliphatic rings. The molecule has 0 unspecified atom stereocenters. The Morgan fingerprint density at radius 2 is 1.60 bits per heavy atom. The number of hydrogen-bond acceptors (Lipinski definition) is 0. The highest BCUT2D eigenvalue weighted by atomic mass is 14.3. The normalized spacial score (nSPS) is 18.5. The fourth-order valence-electron chi connectivity index (χ4n) is 2.18. The molecule has 0 atom stereocenters. The van der Waals surface area contributed by atoms with Crippen LogP contribution in [0.25, 0.3) is 5.57 Å². The summed E-state index contributed by atoms with van der Waals surface area (Å²) in [6.07, 6.45) is 11.4. The molecule has 0 aromatic heterocycles. The average molecular weight is 194 g/mol. The molecule has 1 fully saturated rings.